The van der Waals surface area contributed by atoms with Gasteiger partial charge in [0.05, 0.1) is 19.8 Å². The Morgan fingerprint density at radius 3 is 2.58 bits per heavy atom. The molecule has 0 aliphatic rings. The minimum Gasteiger partial charge on any atom is -0.494 e. The number of ether oxygens (including phenoxy) is 2. The summed E-state index contributed by atoms with van der Waals surface area (Å²) in [5.74, 6) is 1.45. The van der Waals surface area contributed by atoms with E-state index in [0.717, 1.165) is 23.8 Å². The van der Waals surface area contributed by atoms with E-state index in [-0.39, 0.29) is 29.9 Å². The van der Waals surface area contributed by atoms with Gasteiger partial charge in [0, 0.05) is 25.1 Å². The molecule has 6 nitrogen and oxygen atoms in total. The van der Waals surface area contributed by atoms with Gasteiger partial charge in [-0.1, -0.05) is 12.1 Å². The molecule has 1 aromatic rings. The van der Waals surface area contributed by atoms with Crippen molar-refractivity contribution < 1.29 is 14.3 Å². The summed E-state index contributed by atoms with van der Waals surface area (Å²) in [5, 5.41) is 6.45. The first-order valence-electron chi connectivity index (χ1n) is 9.00. The van der Waals surface area contributed by atoms with Crippen molar-refractivity contribution in [1.29, 1.82) is 0 Å². The monoisotopic (exact) mass is 477 g/mol. The zero-order chi connectivity index (χ0) is 18.5. The van der Waals surface area contributed by atoms with E-state index in [1.165, 1.54) is 5.56 Å². The molecular weight excluding hydrogens is 445 g/mol. The van der Waals surface area contributed by atoms with Gasteiger partial charge in [-0.05, 0) is 45.7 Å². The molecule has 2 N–H and O–H groups in total. The highest BCUT2D eigenvalue weighted by atomic mass is 127. The number of nitrogens with one attached hydrogen (secondary N) is 2. The van der Waals surface area contributed by atoms with Crippen LogP contribution in [-0.2, 0) is 16.1 Å². The Morgan fingerprint density at radius 2 is 1.92 bits per heavy atom. The summed E-state index contributed by atoms with van der Waals surface area (Å²) < 4.78 is 10.6. The Bertz CT molecular complexity index is 565. The van der Waals surface area contributed by atoms with E-state index in [9.17, 15) is 4.79 Å². The van der Waals surface area contributed by atoms with Crippen LogP contribution >= 0.6 is 24.0 Å². The van der Waals surface area contributed by atoms with Crippen molar-refractivity contribution in [3.8, 4) is 5.75 Å². The molecule has 0 spiro atoms. The van der Waals surface area contributed by atoms with Crippen molar-refractivity contribution in [2.75, 3.05) is 26.3 Å². The van der Waals surface area contributed by atoms with Gasteiger partial charge in [0.25, 0.3) is 0 Å². The molecule has 0 atom stereocenters. The summed E-state index contributed by atoms with van der Waals surface area (Å²) in [7, 11) is 0. The molecule has 1 aromatic carbocycles. The lowest BCUT2D eigenvalue weighted by Crippen LogP contribution is -2.37. The fraction of sp³-hybridized carbons (Fsp3) is 0.579. The van der Waals surface area contributed by atoms with Crippen LogP contribution in [0.15, 0.2) is 23.2 Å². The standard InChI is InChI=1S/C19H31N3O3.HI/c1-5-20-19(21-12-8-9-18(23)25-7-3)22-14-16-11-10-15(4)13-17(16)24-6-2;/h10-11,13H,5-9,12,14H2,1-4H3,(H2,20,21,22);1H. The maximum atomic E-state index is 11.3. The van der Waals surface area contributed by atoms with Crippen LogP contribution in [0.1, 0.15) is 44.7 Å². The molecular formula is C19H32IN3O3. The van der Waals surface area contributed by atoms with Gasteiger partial charge in [-0.15, -0.1) is 24.0 Å². The summed E-state index contributed by atoms with van der Waals surface area (Å²) in [6.45, 7) is 10.9. The van der Waals surface area contributed by atoms with Crippen LogP contribution in [-0.4, -0.2) is 38.2 Å². The predicted octanol–water partition coefficient (Wildman–Crippen LogP) is 3.41. The van der Waals surface area contributed by atoms with Crippen LogP contribution in [0.4, 0.5) is 0 Å². The third kappa shape index (κ3) is 9.84. The largest absolute Gasteiger partial charge is 0.494 e. The van der Waals surface area contributed by atoms with Crippen LogP contribution < -0.4 is 15.4 Å². The lowest BCUT2D eigenvalue weighted by molar-refractivity contribution is -0.143. The average molecular weight is 477 g/mol. The van der Waals surface area contributed by atoms with E-state index >= 15 is 0 Å². The second kappa shape index (κ2) is 14.6. The fourth-order valence-corrected chi connectivity index (χ4v) is 2.26. The first kappa shape index (κ1) is 24.5. The number of nitrogens with zero attached hydrogens (tertiary/aromatic N) is 1. The van der Waals surface area contributed by atoms with Crippen LogP contribution in [0.5, 0.6) is 5.75 Å². The molecule has 0 heterocycles. The molecule has 26 heavy (non-hydrogen) atoms. The van der Waals surface area contributed by atoms with Gasteiger partial charge >= 0.3 is 5.97 Å². The summed E-state index contributed by atoms with van der Waals surface area (Å²) in [6.07, 6.45) is 1.12. The zero-order valence-electron chi connectivity index (χ0n) is 16.3. The van der Waals surface area contributed by atoms with E-state index in [0.29, 0.717) is 39.1 Å². The average Bonchev–Trinajstić information content (AvgIpc) is 2.58. The smallest absolute Gasteiger partial charge is 0.305 e. The maximum absolute atomic E-state index is 11.3. The molecule has 7 heteroatoms. The normalized spacial score (nSPS) is 10.7. The Kier molecular flexibility index (Phi) is 13.8. The minimum absolute atomic E-state index is 0. The molecule has 1 rings (SSSR count). The number of carbonyl (C=O) groups is 1. The molecule has 0 aliphatic heterocycles. The van der Waals surface area contributed by atoms with Gasteiger partial charge in [0.15, 0.2) is 5.96 Å². The Labute approximate surface area is 174 Å². The Hall–Kier alpha value is -1.51. The lowest BCUT2D eigenvalue weighted by atomic mass is 10.1. The number of esters is 1. The molecule has 0 aromatic heterocycles. The number of aryl methyl sites for hydroxylation is 1. The molecule has 0 amide bonds. The SMILES string of the molecule is CCNC(=NCc1ccc(C)cc1OCC)NCCCC(=O)OCC.I. The zero-order valence-corrected chi connectivity index (χ0v) is 18.6. The fourth-order valence-electron chi connectivity index (χ4n) is 2.26. The van der Waals surface area contributed by atoms with Gasteiger partial charge in [-0.25, -0.2) is 4.99 Å². The van der Waals surface area contributed by atoms with Crippen molar-refractivity contribution in [3.05, 3.63) is 29.3 Å². The number of aliphatic imine (C=N–C) groups is 1. The Morgan fingerprint density at radius 1 is 1.15 bits per heavy atom. The number of carbonyl (C=O) groups excluding carboxylic acids is 1. The van der Waals surface area contributed by atoms with Gasteiger partial charge in [-0.2, -0.15) is 0 Å². The van der Waals surface area contributed by atoms with E-state index in [4.69, 9.17) is 9.47 Å². The quantitative estimate of drug-likeness (QED) is 0.178. The lowest BCUT2D eigenvalue weighted by Gasteiger charge is -2.13. The minimum atomic E-state index is -0.160. The molecule has 0 fully saturated rings. The number of hydrogen-bond acceptors (Lipinski definition) is 4. The number of rotatable bonds is 10. The van der Waals surface area contributed by atoms with E-state index < -0.39 is 0 Å². The van der Waals surface area contributed by atoms with Crippen molar-refractivity contribution in [1.82, 2.24) is 10.6 Å². The third-order valence-corrected chi connectivity index (χ3v) is 3.43. The van der Waals surface area contributed by atoms with Crippen molar-refractivity contribution in [2.45, 2.75) is 47.1 Å². The highest BCUT2D eigenvalue weighted by Crippen LogP contribution is 2.21. The highest BCUT2D eigenvalue weighted by molar-refractivity contribution is 14.0. The molecule has 0 aliphatic carbocycles. The maximum Gasteiger partial charge on any atom is 0.305 e. The molecule has 0 saturated heterocycles. The first-order valence-corrected chi connectivity index (χ1v) is 9.00. The van der Waals surface area contributed by atoms with Gasteiger partial charge in [0.1, 0.15) is 5.75 Å². The van der Waals surface area contributed by atoms with Crippen molar-refractivity contribution >= 4 is 35.9 Å². The van der Waals surface area contributed by atoms with Crippen molar-refractivity contribution in [2.24, 2.45) is 4.99 Å². The second-order valence-corrected chi connectivity index (χ2v) is 5.57. The number of benzene rings is 1. The van der Waals surface area contributed by atoms with E-state index in [2.05, 4.69) is 21.7 Å². The van der Waals surface area contributed by atoms with Crippen LogP contribution in [0.2, 0.25) is 0 Å². The highest BCUT2D eigenvalue weighted by Gasteiger charge is 2.05. The van der Waals surface area contributed by atoms with Crippen molar-refractivity contribution in [3.63, 3.8) is 0 Å². The molecule has 0 saturated carbocycles. The number of hydrogen-bond donors (Lipinski definition) is 2. The third-order valence-electron chi connectivity index (χ3n) is 3.43. The predicted molar refractivity (Wildman–Crippen MR) is 116 cm³/mol. The number of guanidine groups is 1. The molecule has 0 unspecified atom stereocenters. The van der Waals surface area contributed by atoms with Crippen LogP contribution in [0.25, 0.3) is 0 Å². The van der Waals surface area contributed by atoms with Crippen LogP contribution in [0.3, 0.4) is 0 Å². The second-order valence-electron chi connectivity index (χ2n) is 5.57. The Balaban J connectivity index is 0.00000625. The summed E-state index contributed by atoms with van der Waals surface area (Å²) >= 11 is 0. The van der Waals surface area contributed by atoms with E-state index in [1.807, 2.05) is 39.8 Å². The van der Waals surface area contributed by atoms with Gasteiger partial charge in [0.2, 0.25) is 0 Å². The first-order chi connectivity index (χ1) is 12.1. The van der Waals surface area contributed by atoms with Gasteiger partial charge in [-0.3, -0.25) is 4.79 Å². The summed E-state index contributed by atoms with van der Waals surface area (Å²) in [5.41, 5.74) is 2.22. The van der Waals surface area contributed by atoms with E-state index in [1.54, 1.807) is 0 Å². The summed E-state index contributed by atoms with van der Waals surface area (Å²) in [4.78, 5) is 15.9. The number of halogens is 1. The van der Waals surface area contributed by atoms with Gasteiger partial charge < -0.3 is 20.1 Å². The summed E-state index contributed by atoms with van der Waals surface area (Å²) in [6, 6.07) is 6.15. The molecule has 0 radical (unpaired) electrons. The molecule has 148 valence electrons. The topological polar surface area (TPSA) is 72.0 Å². The molecule has 0 bridgehead atoms. The van der Waals surface area contributed by atoms with Crippen LogP contribution in [0, 0.1) is 6.92 Å².